The first-order chi connectivity index (χ1) is 16.3. The van der Waals surface area contributed by atoms with Crippen molar-refractivity contribution in [3.05, 3.63) is 53.2 Å². The van der Waals surface area contributed by atoms with Crippen LogP contribution < -0.4 is 4.74 Å². The van der Waals surface area contributed by atoms with E-state index in [2.05, 4.69) is 64.2 Å². The van der Waals surface area contributed by atoms with Crippen LogP contribution in [-0.2, 0) is 6.54 Å². The maximum Gasteiger partial charge on any atom is 0.284 e. The van der Waals surface area contributed by atoms with E-state index in [0.29, 0.717) is 17.3 Å². The molecule has 33 heavy (non-hydrogen) atoms. The first kappa shape index (κ1) is 23.6. The van der Waals surface area contributed by atoms with Gasteiger partial charge in [0.15, 0.2) is 0 Å². The van der Waals surface area contributed by atoms with Crippen molar-refractivity contribution in [3.8, 4) is 5.75 Å². The second kappa shape index (κ2) is 12.0. The number of aromatic amines is 1. The number of ether oxygens (including phenoxy) is 1. The van der Waals surface area contributed by atoms with Crippen LogP contribution in [0.15, 0.2) is 46.9 Å². The van der Waals surface area contributed by atoms with Crippen LogP contribution in [0, 0.1) is 4.84 Å². The highest BCUT2D eigenvalue weighted by Gasteiger charge is 2.16. The van der Waals surface area contributed by atoms with Crippen LogP contribution in [0.25, 0.3) is 21.8 Å². The summed E-state index contributed by atoms with van der Waals surface area (Å²) in [5, 5.41) is 9.23. The van der Waals surface area contributed by atoms with E-state index in [4.69, 9.17) is 21.4 Å². The highest BCUT2D eigenvalue weighted by molar-refractivity contribution is 7.71. The van der Waals surface area contributed by atoms with Gasteiger partial charge in [-0.1, -0.05) is 89.0 Å². The second-order valence-corrected chi connectivity index (χ2v) is 9.16. The number of unbranched alkanes of at least 4 members (excludes halogenated alkanes) is 9. The Kier molecular flexibility index (Phi) is 8.59. The summed E-state index contributed by atoms with van der Waals surface area (Å²) in [6.07, 6.45) is 13.3. The Morgan fingerprint density at radius 2 is 1.58 bits per heavy atom. The third kappa shape index (κ3) is 6.05. The van der Waals surface area contributed by atoms with Crippen molar-refractivity contribution in [2.75, 3.05) is 6.61 Å². The fourth-order valence-electron chi connectivity index (χ4n) is 4.59. The molecule has 2 heterocycles. The molecule has 0 spiro atoms. The van der Waals surface area contributed by atoms with Gasteiger partial charge in [0.05, 0.1) is 12.1 Å². The highest BCUT2D eigenvalue weighted by atomic mass is 32.1. The molecule has 1 N–H and O–H groups in total. The van der Waals surface area contributed by atoms with Gasteiger partial charge in [-0.25, -0.2) is 5.10 Å². The number of aromatic nitrogens is 3. The van der Waals surface area contributed by atoms with Gasteiger partial charge in [0.2, 0.25) is 5.89 Å². The van der Waals surface area contributed by atoms with Gasteiger partial charge in [-0.05, 0) is 36.8 Å². The molecule has 0 aliphatic carbocycles. The predicted molar refractivity (Wildman–Crippen MR) is 138 cm³/mol. The third-order valence-electron chi connectivity index (χ3n) is 6.29. The lowest BCUT2D eigenvalue weighted by Crippen LogP contribution is -2.00. The molecule has 2 aromatic heterocycles. The van der Waals surface area contributed by atoms with Crippen LogP contribution in [0.4, 0.5) is 0 Å². The number of fused-ring (bicyclic) bond motifs is 3. The number of rotatable bonds is 14. The first-order valence-corrected chi connectivity index (χ1v) is 12.9. The van der Waals surface area contributed by atoms with Crippen molar-refractivity contribution >= 4 is 34.0 Å². The molecule has 0 saturated heterocycles. The van der Waals surface area contributed by atoms with E-state index in [-0.39, 0.29) is 0 Å². The summed E-state index contributed by atoms with van der Waals surface area (Å²) in [7, 11) is 0. The van der Waals surface area contributed by atoms with Crippen molar-refractivity contribution in [2.45, 2.75) is 77.7 Å². The minimum atomic E-state index is 0.297. The minimum Gasteiger partial charge on any atom is -0.493 e. The Hall–Kier alpha value is -2.60. The van der Waals surface area contributed by atoms with E-state index in [1.807, 2.05) is 0 Å². The summed E-state index contributed by atoms with van der Waals surface area (Å²) in [6.45, 7) is 3.54. The largest absolute Gasteiger partial charge is 0.493 e. The Balaban J connectivity index is 1.37. The van der Waals surface area contributed by atoms with Crippen molar-refractivity contribution in [1.82, 2.24) is 14.8 Å². The SMILES string of the molecule is CCCCCCCCCCCCOc1cccc2c1c1ccccc1n2Cc1n[nH]c(=S)o1. The van der Waals surface area contributed by atoms with Crippen LogP contribution >= 0.6 is 12.2 Å². The normalized spacial score (nSPS) is 11.5. The molecule has 2 aromatic carbocycles. The maximum atomic E-state index is 6.29. The van der Waals surface area contributed by atoms with E-state index in [9.17, 15) is 0 Å². The number of nitrogens with one attached hydrogen (secondary N) is 1. The lowest BCUT2D eigenvalue weighted by Gasteiger charge is -2.09. The summed E-state index contributed by atoms with van der Waals surface area (Å²) >= 11 is 5.04. The molecule has 0 unspecified atom stereocenters. The zero-order valence-electron chi connectivity index (χ0n) is 19.6. The quantitative estimate of drug-likeness (QED) is 0.151. The molecule has 0 aliphatic rings. The van der Waals surface area contributed by atoms with Crippen molar-refractivity contribution in [3.63, 3.8) is 0 Å². The number of hydrogen-bond donors (Lipinski definition) is 1. The fraction of sp³-hybridized carbons (Fsp3) is 0.481. The van der Waals surface area contributed by atoms with Crippen LogP contribution in [0.5, 0.6) is 5.75 Å². The zero-order chi connectivity index (χ0) is 22.9. The molecule has 0 aliphatic heterocycles. The number of hydrogen-bond acceptors (Lipinski definition) is 4. The Morgan fingerprint density at radius 1 is 0.879 bits per heavy atom. The molecule has 0 amide bonds. The topological polar surface area (TPSA) is 56.0 Å². The molecule has 0 atom stereocenters. The van der Waals surface area contributed by atoms with Gasteiger partial charge in [0.1, 0.15) is 12.3 Å². The smallest absolute Gasteiger partial charge is 0.284 e. The Morgan fingerprint density at radius 3 is 2.30 bits per heavy atom. The van der Waals surface area contributed by atoms with Gasteiger partial charge in [-0.3, -0.25) is 0 Å². The van der Waals surface area contributed by atoms with Gasteiger partial charge in [0, 0.05) is 16.3 Å². The van der Waals surface area contributed by atoms with Crippen LogP contribution in [0.3, 0.4) is 0 Å². The average Bonchev–Trinajstić information content (AvgIpc) is 3.39. The highest BCUT2D eigenvalue weighted by Crippen LogP contribution is 2.36. The Bertz CT molecular complexity index is 1210. The van der Waals surface area contributed by atoms with E-state index >= 15 is 0 Å². The minimum absolute atomic E-state index is 0.297. The van der Waals surface area contributed by atoms with Gasteiger partial charge in [0.25, 0.3) is 4.84 Å². The lowest BCUT2D eigenvalue weighted by atomic mass is 10.1. The van der Waals surface area contributed by atoms with E-state index in [1.54, 1.807) is 0 Å². The molecule has 4 aromatic rings. The van der Waals surface area contributed by atoms with Gasteiger partial charge >= 0.3 is 0 Å². The molecule has 4 rings (SSSR count). The monoisotopic (exact) mass is 465 g/mol. The summed E-state index contributed by atoms with van der Waals surface area (Å²) in [5.41, 5.74) is 2.24. The molecular weight excluding hydrogens is 430 g/mol. The zero-order valence-corrected chi connectivity index (χ0v) is 20.5. The van der Waals surface area contributed by atoms with Gasteiger partial charge in [-0.2, -0.15) is 0 Å². The molecule has 176 valence electrons. The number of para-hydroxylation sites is 1. The summed E-state index contributed by atoms with van der Waals surface area (Å²) in [5.74, 6) is 1.51. The molecule has 0 saturated carbocycles. The lowest BCUT2D eigenvalue weighted by molar-refractivity contribution is 0.308. The number of nitrogens with zero attached hydrogens (tertiary/aromatic N) is 2. The maximum absolute atomic E-state index is 6.29. The third-order valence-corrected chi connectivity index (χ3v) is 6.47. The van der Waals surface area contributed by atoms with Crippen molar-refractivity contribution < 1.29 is 9.15 Å². The van der Waals surface area contributed by atoms with Crippen LogP contribution in [-0.4, -0.2) is 21.4 Å². The van der Waals surface area contributed by atoms with E-state index < -0.39 is 0 Å². The summed E-state index contributed by atoms with van der Waals surface area (Å²) < 4.78 is 14.0. The standard InChI is InChI=1S/C27H35N3O2S/c1-2-3-4-5-6-7-8-9-10-13-19-31-24-18-14-17-23-26(24)21-15-11-12-16-22(21)30(23)20-25-28-29-27(33)32-25/h11-12,14-18H,2-10,13,19-20H2,1H3,(H,29,33). The number of H-pyrrole nitrogens is 1. The van der Waals surface area contributed by atoms with Gasteiger partial charge < -0.3 is 13.7 Å². The summed E-state index contributed by atoms with van der Waals surface area (Å²) in [6, 6.07) is 14.7. The van der Waals surface area contributed by atoms with Gasteiger partial charge in [-0.15, -0.1) is 5.10 Å². The van der Waals surface area contributed by atoms with E-state index in [0.717, 1.165) is 35.2 Å². The first-order valence-electron chi connectivity index (χ1n) is 12.4. The number of benzene rings is 2. The van der Waals surface area contributed by atoms with Crippen LogP contribution in [0.2, 0.25) is 0 Å². The van der Waals surface area contributed by atoms with Crippen molar-refractivity contribution in [1.29, 1.82) is 0 Å². The molecular formula is C27H35N3O2S. The van der Waals surface area contributed by atoms with Crippen LogP contribution in [0.1, 0.15) is 77.0 Å². The molecule has 0 fully saturated rings. The van der Waals surface area contributed by atoms with E-state index in [1.165, 1.54) is 63.2 Å². The molecule has 0 radical (unpaired) electrons. The molecule has 6 heteroatoms. The second-order valence-electron chi connectivity index (χ2n) is 8.79. The predicted octanol–water partition coefficient (Wildman–Crippen LogP) is 8.19. The fourth-order valence-corrected chi connectivity index (χ4v) is 4.73. The summed E-state index contributed by atoms with van der Waals surface area (Å²) in [4.78, 5) is 0.297. The molecule has 5 nitrogen and oxygen atoms in total. The van der Waals surface area contributed by atoms with Crippen molar-refractivity contribution in [2.24, 2.45) is 0 Å². The Labute approximate surface area is 201 Å². The average molecular weight is 466 g/mol. The molecule has 0 bridgehead atoms.